The van der Waals surface area contributed by atoms with Crippen molar-refractivity contribution in [1.82, 2.24) is 25.1 Å². The van der Waals surface area contributed by atoms with E-state index in [0.717, 1.165) is 45.7 Å². The zero-order valence-corrected chi connectivity index (χ0v) is 18.8. The molecule has 0 spiro atoms. The van der Waals surface area contributed by atoms with Crippen molar-refractivity contribution in [3.8, 4) is 11.3 Å². The van der Waals surface area contributed by atoms with Crippen molar-refractivity contribution in [2.24, 2.45) is 7.05 Å². The number of carbonyl (C=O) groups is 1. The van der Waals surface area contributed by atoms with E-state index in [1.807, 2.05) is 68.6 Å². The third-order valence-corrected chi connectivity index (χ3v) is 6.57. The molecule has 0 bridgehead atoms. The normalized spacial score (nSPS) is 11.3. The number of nitrogens with zero attached hydrogens (tertiary/aromatic N) is 4. The lowest BCUT2D eigenvalue weighted by Gasteiger charge is -2.09. The van der Waals surface area contributed by atoms with Gasteiger partial charge in [-0.1, -0.05) is 42.5 Å². The molecule has 1 amide bonds. The van der Waals surface area contributed by atoms with Crippen molar-refractivity contribution in [3.05, 3.63) is 76.9 Å². The number of aryl methyl sites for hydroxylation is 3. The molecule has 32 heavy (non-hydrogen) atoms. The first-order valence-corrected chi connectivity index (χ1v) is 11.4. The average molecular weight is 442 g/mol. The molecule has 0 radical (unpaired) electrons. The molecule has 0 aliphatic rings. The van der Waals surface area contributed by atoms with Gasteiger partial charge in [-0.05, 0) is 31.5 Å². The number of benzene rings is 2. The number of aromatic nitrogens is 4. The molecule has 0 unspecified atom stereocenters. The number of rotatable bonds is 6. The number of hydrogen-bond acceptors (Lipinski definition) is 5. The molecule has 0 aliphatic heterocycles. The van der Waals surface area contributed by atoms with Crippen LogP contribution >= 0.6 is 11.3 Å². The molecule has 160 valence electrons. The Labute approximate surface area is 189 Å². The predicted octanol–water partition coefficient (Wildman–Crippen LogP) is 4.92. The van der Waals surface area contributed by atoms with Gasteiger partial charge in [-0.2, -0.15) is 5.10 Å². The van der Waals surface area contributed by atoms with Crippen LogP contribution in [0.4, 0.5) is 0 Å². The van der Waals surface area contributed by atoms with Crippen molar-refractivity contribution in [1.29, 1.82) is 0 Å². The molecule has 5 aromatic rings. The Bertz CT molecular complexity index is 1390. The number of nitrogens with one attached hydrogen (secondary N) is 1. The standard InChI is InChI=1S/C25H23N5OS/c1-16-23-18(15-20(17-9-4-3-5-10-17)28-24(23)30(2)29-16)25(31)26-14-8-13-22-27-19-11-6-7-12-21(19)32-22/h3-7,9-12,15H,8,13-14H2,1-2H3,(H,26,31). The maximum absolute atomic E-state index is 13.2. The number of hydrogen-bond donors (Lipinski definition) is 1. The number of amides is 1. The fourth-order valence-electron chi connectivity index (χ4n) is 3.94. The first-order chi connectivity index (χ1) is 15.6. The number of para-hydroxylation sites is 1. The maximum Gasteiger partial charge on any atom is 0.252 e. The van der Waals surface area contributed by atoms with E-state index in [1.54, 1.807) is 16.0 Å². The topological polar surface area (TPSA) is 72.7 Å². The van der Waals surface area contributed by atoms with E-state index in [0.29, 0.717) is 17.8 Å². The first kappa shape index (κ1) is 20.3. The fraction of sp³-hybridized carbons (Fsp3) is 0.200. The van der Waals surface area contributed by atoms with Gasteiger partial charge in [0.1, 0.15) is 0 Å². The molecular formula is C25H23N5OS. The third kappa shape index (κ3) is 3.87. The van der Waals surface area contributed by atoms with E-state index in [4.69, 9.17) is 4.98 Å². The second-order valence-electron chi connectivity index (χ2n) is 7.76. The van der Waals surface area contributed by atoms with Crippen molar-refractivity contribution in [2.75, 3.05) is 6.54 Å². The van der Waals surface area contributed by atoms with E-state index < -0.39 is 0 Å². The van der Waals surface area contributed by atoms with E-state index >= 15 is 0 Å². The molecule has 5 rings (SSSR count). The average Bonchev–Trinajstić information content (AvgIpc) is 3.36. The zero-order valence-electron chi connectivity index (χ0n) is 18.0. The van der Waals surface area contributed by atoms with Gasteiger partial charge >= 0.3 is 0 Å². The van der Waals surface area contributed by atoms with Gasteiger partial charge in [0.05, 0.1) is 37.6 Å². The van der Waals surface area contributed by atoms with Crippen molar-refractivity contribution < 1.29 is 4.79 Å². The number of fused-ring (bicyclic) bond motifs is 2. The molecule has 3 heterocycles. The molecule has 0 aliphatic carbocycles. The molecule has 0 atom stereocenters. The summed E-state index contributed by atoms with van der Waals surface area (Å²) in [4.78, 5) is 22.6. The summed E-state index contributed by atoms with van der Waals surface area (Å²) in [7, 11) is 1.86. The Kier molecular flexibility index (Phi) is 5.41. The molecule has 6 nitrogen and oxygen atoms in total. The van der Waals surface area contributed by atoms with Gasteiger partial charge < -0.3 is 5.32 Å². The lowest BCUT2D eigenvalue weighted by atomic mass is 10.0. The van der Waals surface area contributed by atoms with Gasteiger partial charge in [-0.25, -0.2) is 9.97 Å². The van der Waals surface area contributed by atoms with Gasteiger partial charge in [0.25, 0.3) is 5.91 Å². The summed E-state index contributed by atoms with van der Waals surface area (Å²) in [5.41, 5.74) is 4.90. The second-order valence-corrected chi connectivity index (χ2v) is 8.88. The summed E-state index contributed by atoms with van der Waals surface area (Å²) in [5, 5.41) is 9.48. The minimum Gasteiger partial charge on any atom is -0.352 e. The predicted molar refractivity (Wildman–Crippen MR) is 129 cm³/mol. The van der Waals surface area contributed by atoms with Crippen LogP contribution < -0.4 is 5.32 Å². The summed E-state index contributed by atoms with van der Waals surface area (Å²) in [6.07, 6.45) is 1.67. The van der Waals surface area contributed by atoms with Crippen LogP contribution in [-0.4, -0.2) is 32.2 Å². The molecule has 0 fully saturated rings. The van der Waals surface area contributed by atoms with Crippen LogP contribution in [0.5, 0.6) is 0 Å². The summed E-state index contributed by atoms with van der Waals surface area (Å²) < 4.78 is 2.94. The number of pyridine rings is 1. The lowest BCUT2D eigenvalue weighted by Crippen LogP contribution is -2.25. The maximum atomic E-state index is 13.2. The minimum absolute atomic E-state index is 0.102. The minimum atomic E-state index is -0.102. The third-order valence-electron chi connectivity index (χ3n) is 5.47. The first-order valence-electron chi connectivity index (χ1n) is 10.6. The molecule has 3 aromatic heterocycles. The van der Waals surface area contributed by atoms with Crippen molar-refractivity contribution in [3.63, 3.8) is 0 Å². The SMILES string of the molecule is Cc1nn(C)c2nc(-c3ccccc3)cc(C(=O)NCCCc3nc4ccccc4s3)c12. The van der Waals surface area contributed by atoms with Crippen LogP contribution in [0.1, 0.15) is 27.5 Å². The van der Waals surface area contributed by atoms with E-state index in [1.165, 1.54) is 4.70 Å². The van der Waals surface area contributed by atoms with Gasteiger partial charge in [0, 0.05) is 25.6 Å². The van der Waals surface area contributed by atoms with Crippen LogP contribution in [0.15, 0.2) is 60.7 Å². The monoisotopic (exact) mass is 441 g/mol. The highest BCUT2D eigenvalue weighted by Gasteiger charge is 2.19. The quantitative estimate of drug-likeness (QED) is 0.380. The number of carbonyl (C=O) groups excluding carboxylic acids is 1. The van der Waals surface area contributed by atoms with E-state index in [-0.39, 0.29) is 5.91 Å². The summed E-state index contributed by atoms with van der Waals surface area (Å²) in [6, 6.07) is 19.9. The Morgan fingerprint density at radius 2 is 1.84 bits per heavy atom. The molecule has 0 saturated heterocycles. The van der Waals surface area contributed by atoms with Crippen LogP contribution in [0.3, 0.4) is 0 Å². The van der Waals surface area contributed by atoms with Crippen LogP contribution in [-0.2, 0) is 13.5 Å². The Morgan fingerprint density at radius 3 is 2.66 bits per heavy atom. The smallest absolute Gasteiger partial charge is 0.252 e. The molecule has 2 aromatic carbocycles. The highest BCUT2D eigenvalue weighted by atomic mass is 32.1. The van der Waals surface area contributed by atoms with Crippen LogP contribution in [0.25, 0.3) is 32.5 Å². The van der Waals surface area contributed by atoms with E-state index in [2.05, 4.69) is 21.5 Å². The molecule has 7 heteroatoms. The van der Waals surface area contributed by atoms with Gasteiger partial charge in [-0.3, -0.25) is 9.48 Å². The molecular weight excluding hydrogens is 418 g/mol. The zero-order chi connectivity index (χ0) is 22.1. The summed E-state index contributed by atoms with van der Waals surface area (Å²) in [5.74, 6) is -0.102. The largest absolute Gasteiger partial charge is 0.352 e. The van der Waals surface area contributed by atoms with Crippen molar-refractivity contribution in [2.45, 2.75) is 19.8 Å². The second kappa shape index (κ2) is 8.51. The highest BCUT2D eigenvalue weighted by Crippen LogP contribution is 2.27. The molecule has 1 N–H and O–H groups in total. The highest BCUT2D eigenvalue weighted by molar-refractivity contribution is 7.18. The summed E-state index contributed by atoms with van der Waals surface area (Å²) in [6.45, 7) is 2.49. The van der Waals surface area contributed by atoms with Crippen LogP contribution in [0, 0.1) is 6.92 Å². The van der Waals surface area contributed by atoms with E-state index in [9.17, 15) is 4.79 Å². The Balaban J connectivity index is 1.35. The van der Waals surface area contributed by atoms with Crippen LogP contribution in [0.2, 0.25) is 0 Å². The fourth-order valence-corrected chi connectivity index (χ4v) is 4.95. The molecule has 0 saturated carbocycles. The Morgan fingerprint density at radius 1 is 1.06 bits per heavy atom. The summed E-state index contributed by atoms with van der Waals surface area (Å²) >= 11 is 1.72. The van der Waals surface area contributed by atoms with Gasteiger partial charge in [0.2, 0.25) is 0 Å². The number of thiazole rings is 1. The Hall–Kier alpha value is -3.58. The van der Waals surface area contributed by atoms with Crippen molar-refractivity contribution >= 4 is 38.5 Å². The van der Waals surface area contributed by atoms with Gasteiger partial charge in [-0.15, -0.1) is 11.3 Å². The lowest BCUT2D eigenvalue weighted by molar-refractivity contribution is 0.0955. The van der Waals surface area contributed by atoms with Gasteiger partial charge in [0.15, 0.2) is 5.65 Å².